The highest BCUT2D eigenvalue weighted by atomic mass is 16.2. The van der Waals surface area contributed by atoms with E-state index >= 15 is 0 Å². The maximum atomic E-state index is 12.6. The Morgan fingerprint density at radius 3 is 2.48 bits per heavy atom. The summed E-state index contributed by atoms with van der Waals surface area (Å²) in [6.07, 6.45) is 1.73. The SMILES string of the molecule is CCN1CCN(C(=O)c2ccc(Nc3ccc(C)cc3C)cn2)CC1. The van der Waals surface area contributed by atoms with Crippen molar-refractivity contribution in [2.45, 2.75) is 20.8 Å². The van der Waals surface area contributed by atoms with E-state index in [0.29, 0.717) is 5.69 Å². The minimum absolute atomic E-state index is 0.0221. The van der Waals surface area contributed by atoms with Crippen LogP contribution in [0.2, 0.25) is 0 Å². The number of rotatable bonds is 4. The Morgan fingerprint density at radius 1 is 1.12 bits per heavy atom. The lowest BCUT2D eigenvalue weighted by Crippen LogP contribution is -2.48. The fourth-order valence-corrected chi connectivity index (χ4v) is 3.13. The lowest BCUT2D eigenvalue weighted by atomic mass is 10.1. The van der Waals surface area contributed by atoms with Crippen molar-refractivity contribution >= 4 is 17.3 Å². The van der Waals surface area contributed by atoms with Gasteiger partial charge in [0.1, 0.15) is 5.69 Å². The number of pyridine rings is 1. The molecule has 0 atom stereocenters. The first-order valence-corrected chi connectivity index (χ1v) is 8.89. The average Bonchev–Trinajstić information content (AvgIpc) is 2.64. The van der Waals surface area contributed by atoms with Crippen LogP contribution in [0.4, 0.5) is 11.4 Å². The van der Waals surface area contributed by atoms with Gasteiger partial charge in [-0.3, -0.25) is 4.79 Å². The number of carbonyl (C=O) groups is 1. The second kappa shape index (κ2) is 7.66. The average molecular weight is 338 g/mol. The number of hydrogen-bond acceptors (Lipinski definition) is 4. The van der Waals surface area contributed by atoms with Crippen LogP contribution in [0.25, 0.3) is 0 Å². The molecule has 0 unspecified atom stereocenters. The van der Waals surface area contributed by atoms with Crippen LogP contribution in [0.15, 0.2) is 36.5 Å². The van der Waals surface area contributed by atoms with E-state index in [9.17, 15) is 4.79 Å². The highest BCUT2D eigenvalue weighted by Crippen LogP contribution is 2.21. The Kier molecular flexibility index (Phi) is 5.34. The first-order valence-electron chi connectivity index (χ1n) is 8.89. The lowest BCUT2D eigenvalue weighted by molar-refractivity contribution is 0.0637. The van der Waals surface area contributed by atoms with E-state index in [4.69, 9.17) is 0 Å². The molecule has 0 saturated carbocycles. The van der Waals surface area contributed by atoms with E-state index in [-0.39, 0.29) is 5.91 Å². The molecule has 1 aromatic heterocycles. The smallest absolute Gasteiger partial charge is 0.272 e. The van der Waals surface area contributed by atoms with Gasteiger partial charge < -0.3 is 15.1 Å². The summed E-state index contributed by atoms with van der Waals surface area (Å²) in [6, 6.07) is 10.0. The Hall–Kier alpha value is -2.40. The van der Waals surface area contributed by atoms with E-state index in [0.717, 1.165) is 44.1 Å². The number of aromatic nitrogens is 1. The van der Waals surface area contributed by atoms with Gasteiger partial charge in [0.05, 0.1) is 11.9 Å². The molecular weight excluding hydrogens is 312 g/mol. The second-order valence-electron chi connectivity index (χ2n) is 6.60. The molecule has 5 nitrogen and oxygen atoms in total. The molecular formula is C20H26N4O. The van der Waals surface area contributed by atoms with Crippen LogP contribution < -0.4 is 5.32 Å². The highest BCUT2D eigenvalue weighted by Gasteiger charge is 2.22. The summed E-state index contributed by atoms with van der Waals surface area (Å²) in [6.45, 7) is 10.8. The van der Waals surface area contributed by atoms with Crippen LogP contribution in [0, 0.1) is 13.8 Å². The summed E-state index contributed by atoms with van der Waals surface area (Å²) in [5, 5.41) is 3.36. The van der Waals surface area contributed by atoms with E-state index in [1.54, 1.807) is 12.3 Å². The quantitative estimate of drug-likeness (QED) is 0.930. The van der Waals surface area contributed by atoms with E-state index in [1.165, 1.54) is 11.1 Å². The molecule has 25 heavy (non-hydrogen) atoms. The van der Waals surface area contributed by atoms with E-state index < -0.39 is 0 Å². The molecule has 2 aromatic rings. The van der Waals surface area contributed by atoms with Gasteiger partial charge >= 0.3 is 0 Å². The minimum Gasteiger partial charge on any atom is -0.354 e. The second-order valence-corrected chi connectivity index (χ2v) is 6.60. The Morgan fingerprint density at radius 2 is 1.88 bits per heavy atom. The maximum absolute atomic E-state index is 12.6. The molecule has 1 amide bonds. The number of amides is 1. The molecule has 0 aliphatic carbocycles. The number of benzene rings is 1. The Labute approximate surface area is 149 Å². The molecule has 1 N–H and O–H groups in total. The fraction of sp³-hybridized carbons (Fsp3) is 0.400. The third kappa shape index (κ3) is 4.17. The van der Waals surface area contributed by atoms with Gasteiger partial charge in [-0.15, -0.1) is 0 Å². The molecule has 3 rings (SSSR count). The monoisotopic (exact) mass is 338 g/mol. The van der Waals surface area contributed by atoms with Gasteiger partial charge in [0, 0.05) is 31.9 Å². The van der Waals surface area contributed by atoms with E-state index in [2.05, 4.69) is 54.2 Å². The van der Waals surface area contributed by atoms with E-state index in [1.807, 2.05) is 11.0 Å². The topological polar surface area (TPSA) is 48.5 Å². The number of nitrogens with zero attached hydrogens (tertiary/aromatic N) is 3. The molecule has 1 saturated heterocycles. The van der Waals surface area contributed by atoms with Gasteiger partial charge in [-0.1, -0.05) is 24.6 Å². The van der Waals surface area contributed by atoms with Gasteiger partial charge in [0.25, 0.3) is 5.91 Å². The minimum atomic E-state index is 0.0221. The largest absolute Gasteiger partial charge is 0.354 e. The molecule has 2 heterocycles. The molecule has 1 aliphatic heterocycles. The molecule has 0 radical (unpaired) electrons. The predicted molar refractivity (Wildman–Crippen MR) is 101 cm³/mol. The third-order valence-electron chi connectivity index (χ3n) is 4.75. The van der Waals surface area contributed by atoms with Crippen LogP contribution in [0.1, 0.15) is 28.5 Å². The Bertz CT molecular complexity index is 734. The molecule has 132 valence electrons. The van der Waals surface area contributed by atoms with Gasteiger partial charge in [-0.05, 0) is 44.2 Å². The predicted octanol–water partition coefficient (Wildman–Crippen LogP) is 3.22. The number of piperazine rings is 1. The molecule has 1 aromatic carbocycles. The van der Waals surface area contributed by atoms with Crippen molar-refractivity contribution in [1.29, 1.82) is 0 Å². The van der Waals surface area contributed by atoms with Crippen LogP contribution in [-0.4, -0.2) is 53.4 Å². The van der Waals surface area contributed by atoms with Crippen LogP contribution in [0.3, 0.4) is 0 Å². The zero-order valence-electron chi connectivity index (χ0n) is 15.2. The summed E-state index contributed by atoms with van der Waals surface area (Å²) in [7, 11) is 0. The third-order valence-corrected chi connectivity index (χ3v) is 4.75. The van der Waals surface area contributed by atoms with Gasteiger partial charge in [0.2, 0.25) is 0 Å². The summed E-state index contributed by atoms with van der Waals surface area (Å²) < 4.78 is 0. The zero-order valence-corrected chi connectivity index (χ0v) is 15.2. The number of carbonyl (C=O) groups excluding carboxylic acids is 1. The standard InChI is InChI=1S/C20H26N4O/c1-4-23-9-11-24(12-10-23)20(25)19-8-6-17(14-21-19)22-18-7-5-15(2)13-16(18)3/h5-8,13-14,22H,4,9-12H2,1-3H3. The molecule has 5 heteroatoms. The van der Waals surface area contributed by atoms with Crippen molar-refractivity contribution < 1.29 is 4.79 Å². The van der Waals surface area contributed by atoms with Crippen molar-refractivity contribution in [3.8, 4) is 0 Å². The van der Waals surface area contributed by atoms with Crippen molar-refractivity contribution in [1.82, 2.24) is 14.8 Å². The molecule has 1 fully saturated rings. The normalized spacial score (nSPS) is 15.2. The van der Waals surface area contributed by atoms with Crippen LogP contribution in [0.5, 0.6) is 0 Å². The summed E-state index contributed by atoms with van der Waals surface area (Å²) in [5.74, 6) is 0.0221. The first kappa shape index (κ1) is 17.4. The zero-order chi connectivity index (χ0) is 17.8. The Balaban J connectivity index is 1.64. The van der Waals surface area contributed by atoms with Crippen molar-refractivity contribution in [2.75, 3.05) is 38.0 Å². The van der Waals surface area contributed by atoms with Crippen molar-refractivity contribution in [3.05, 3.63) is 53.3 Å². The molecule has 0 spiro atoms. The number of anilines is 2. The van der Waals surface area contributed by atoms with Gasteiger partial charge in [-0.25, -0.2) is 4.98 Å². The lowest BCUT2D eigenvalue weighted by Gasteiger charge is -2.33. The maximum Gasteiger partial charge on any atom is 0.272 e. The van der Waals surface area contributed by atoms with Gasteiger partial charge in [-0.2, -0.15) is 0 Å². The highest BCUT2D eigenvalue weighted by molar-refractivity contribution is 5.92. The van der Waals surface area contributed by atoms with Gasteiger partial charge in [0.15, 0.2) is 0 Å². The summed E-state index contributed by atoms with van der Waals surface area (Å²) >= 11 is 0. The number of aryl methyl sites for hydroxylation is 2. The number of hydrogen-bond donors (Lipinski definition) is 1. The van der Waals surface area contributed by atoms with Crippen molar-refractivity contribution in [2.24, 2.45) is 0 Å². The number of likely N-dealkylation sites (N-methyl/N-ethyl adjacent to an activating group) is 1. The summed E-state index contributed by atoms with van der Waals surface area (Å²) in [5.41, 5.74) is 4.89. The molecule has 1 aliphatic rings. The number of nitrogens with one attached hydrogen (secondary N) is 1. The molecule has 0 bridgehead atoms. The van der Waals surface area contributed by atoms with Crippen molar-refractivity contribution in [3.63, 3.8) is 0 Å². The summed E-state index contributed by atoms with van der Waals surface area (Å²) in [4.78, 5) is 21.2. The first-order chi connectivity index (χ1) is 12.1. The van der Waals surface area contributed by atoms with Crippen LogP contribution in [-0.2, 0) is 0 Å². The fourth-order valence-electron chi connectivity index (χ4n) is 3.13. The van der Waals surface area contributed by atoms with Crippen LogP contribution >= 0.6 is 0 Å².